The second-order valence-electron chi connectivity index (χ2n) is 4.91. The van der Waals surface area contributed by atoms with Crippen LogP contribution < -0.4 is 5.73 Å². The van der Waals surface area contributed by atoms with Gasteiger partial charge in [0, 0.05) is 5.92 Å². The van der Waals surface area contributed by atoms with Gasteiger partial charge in [0.15, 0.2) is 0 Å². The first-order valence-electron chi connectivity index (χ1n) is 6.19. The molecule has 3 nitrogen and oxygen atoms in total. The Morgan fingerprint density at radius 1 is 1.37 bits per heavy atom. The highest BCUT2D eigenvalue weighted by molar-refractivity contribution is 7.80. The number of aromatic nitrogens is 2. The van der Waals surface area contributed by atoms with Crippen molar-refractivity contribution in [2.45, 2.75) is 31.7 Å². The maximum Gasteiger partial charge on any atom is 0.113 e. The van der Waals surface area contributed by atoms with E-state index in [2.05, 4.69) is 4.57 Å². The Morgan fingerprint density at radius 2 is 2.05 bits per heavy atom. The van der Waals surface area contributed by atoms with Crippen LogP contribution >= 0.6 is 35.4 Å². The first-order valence-corrected chi connectivity index (χ1v) is 7.36. The summed E-state index contributed by atoms with van der Waals surface area (Å²) in [5.41, 5.74) is 7.50. The molecular weight excluding hydrogens is 301 g/mol. The number of imidazole rings is 1. The van der Waals surface area contributed by atoms with Gasteiger partial charge in [-0.25, -0.2) is 4.98 Å². The maximum absolute atomic E-state index is 6.10. The molecule has 0 aliphatic heterocycles. The van der Waals surface area contributed by atoms with Crippen molar-refractivity contribution in [3.05, 3.63) is 28.0 Å². The molecule has 0 saturated heterocycles. The number of nitrogens with zero attached hydrogens (tertiary/aromatic N) is 2. The quantitative estimate of drug-likeness (QED) is 0.874. The van der Waals surface area contributed by atoms with Crippen LogP contribution in [0.5, 0.6) is 0 Å². The molecule has 3 rings (SSSR count). The lowest BCUT2D eigenvalue weighted by Crippen LogP contribution is -2.21. The van der Waals surface area contributed by atoms with E-state index in [1.165, 1.54) is 19.3 Å². The van der Waals surface area contributed by atoms with Gasteiger partial charge in [0.05, 0.1) is 32.6 Å². The third kappa shape index (κ3) is 2.33. The SMILES string of the molecule is NC(=S)Cn1c(C2CCC2)nc2cc(Cl)c(Cl)cc21. The van der Waals surface area contributed by atoms with E-state index in [0.29, 0.717) is 27.5 Å². The molecule has 100 valence electrons. The van der Waals surface area contributed by atoms with E-state index in [9.17, 15) is 0 Å². The Morgan fingerprint density at radius 3 is 2.63 bits per heavy atom. The largest absolute Gasteiger partial charge is 0.392 e. The van der Waals surface area contributed by atoms with E-state index in [-0.39, 0.29) is 0 Å². The molecular formula is C13H13Cl2N3S. The number of hydrogen-bond donors (Lipinski definition) is 1. The van der Waals surface area contributed by atoms with E-state index in [0.717, 1.165) is 16.9 Å². The van der Waals surface area contributed by atoms with Crippen molar-refractivity contribution < 1.29 is 0 Å². The second-order valence-corrected chi connectivity index (χ2v) is 6.24. The van der Waals surface area contributed by atoms with Crippen LogP contribution in [-0.2, 0) is 6.54 Å². The highest BCUT2D eigenvalue weighted by Gasteiger charge is 2.26. The molecule has 2 aromatic rings. The molecule has 1 aliphatic rings. The molecule has 0 amide bonds. The summed E-state index contributed by atoms with van der Waals surface area (Å²) in [4.78, 5) is 5.14. The minimum atomic E-state index is 0.450. The van der Waals surface area contributed by atoms with Gasteiger partial charge in [-0.05, 0) is 25.0 Å². The number of thiocarbonyl (C=S) groups is 1. The highest BCUT2D eigenvalue weighted by atomic mass is 35.5. The first kappa shape index (κ1) is 13.2. The monoisotopic (exact) mass is 313 g/mol. The summed E-state index contributed by atoms with van der Waals surface area (Å²) in [6.45, 7) is 0.496. The van der Waals surface area contributed by atoms with Gasteiger partial charge in [-0.1, -0.05) is 41.8 Å². The lowest BCUT2D eigenvalue weighted by molar-refractivity contribution is 0.393. The van der Waals surface area contributed by atoms with Crippen LogP contribution in [0.15, 0.2) is 12.1 Å². The average molecular weight is 314 g/mol. The van der Waals surface area contributed by atoms with Crippen molar-refractivity contribution in [1.29, 1.82) is 0 Å². The van der Waals surface area contributed by atoms with Crippen molar-refractivity contribution in [2.24, 2.45) is 5.73 Å². The number of nitrogens with two attached hydrogens (primary N) is 1. The van der Waals surface area contributed by atoms with Crippen molar-refractivity contribution in [3.8, 4) is 0 Å². The number of fused-ring (bicyclic) bond motifs is 1. The van der Waals surface area contributed by atoms with Crippen LogP contribution in [0.2, 0.25) is 10.0 Å². The highest BCUT2D eigenvalue weighted by Crippen LogP contribution is 2.38. The summed E-state index contributed by atoms with van der Waals surface area (Å²) in [5, 5.41) is 1.05. The fraction of sp³-hybridized carbons (Fsp3) is 0.385. The molecule has 1 aromatic carbocycles. The normalized spacial score (nSPS) is 15.7. The Hall–Kier alpha value is -0.840. The Balaban J connectivity index is 2.19. The van der Waals surface area contributed by atoms with Gasteiger partial charge in [-0.2, -0.15) is 0 Å². The molecule has 19 heavy (non-hydrogen) atoms. The number of halogens is 2. The molecule has 0 radical (unpaired) electrons. The molecule has 2 N–H and O–H groups in total. The molecule has 1 aromatic heterocycles. The predicted molar refractivity (Wildman–Crippen MR) is 83.1 cm³/mol. The zero-order valence-corrected chi connectivity index (χ0v) is 12.5. The summed E-state index contributed by atoms with van der Waals surface area (Å²) < 4.78 is 2.07. The van der Waals surface area contributed by atoms with Crippen LogP contribution in [0, 0.1) is 0 Å². The van der Waals surface area contributed by atoms with Crippen molar-refractivity contribution in [1.82, 2.24) is 9.55 Å². The minimum absolute atomic E-state index is 0.450. The van der Waals surface area contributed by atoms with Gasteiger partial charge < -0.3 is 10.3 Å². The second kappa shape index (κ2) is 4.93. The molecule has 6 heteroatoms. The molecule has 1 aliphatic carbocycles. The van der Waals surface area contributed by atoms with E-state index in [1.54, 1.807) is 6.07 Å². The Kier molecular flexibility index (Phi) is 3.41. The van der Waals surface area contributed by atoms with Gasteiger partial charge in [0.1, 0.15) is 5.82 Å². The number of hydrogen-bond acceptors (Lipinski definition) is 2. The molecule has 1 saturated carbocycles. The number of rotatable bonds is 3. The zero-order valence-electron chi connectivity index (χ0n) is 10.2. The molecule has 1 heterocycles. The fourth-order valence-electron chi connectivity index (χ4n) is 2.44. The third-order valence-electron chi connectivity index (χ3n) is 3.60. The molecule has 0 atom stereocenters. The van der Waals surface area contributed by atoms with Crippen molar-refractivity contribution in [2.75, 3.05) is 0 Å². The van der Waals surface area contributed by atoms with Gasteiger partial charge in [0.2, 0.25) is 0 Å². The summed E-state index contributed by atoms with van der Waals surface area (Å²) in [6, 6.07) is 3.64. The third-order valence-corrected chi connectivity index (χ3v) is 4.46. The molecule has 0 unspecified atom stereocenters. The lowest BCUT2D eigenvalue weighted by Gasteiger charge is -2.25. The topological polar surface area (TPSA) is 43.8 Å². The van der Waals surface area contributed by atoms with Crippen LogP contribution in [-0.4, -0.2) is 14.5 Å². The zero-order chi connectivity index (χ0) is 13.6. The lowest BCUT2D eigenvalue weighted by atomic mass is 9.85. The van der Waals surface area contributed by atoms with E-state index >= 15 is 0 Å². The smallest absolute Gasteiger partial charge is 0.113 e. The number of benzene rings is 1. The average Bonchev–Trinajstić information content (AvgIpc) is 2.55. The van der Waals surface area contributed by atoms with Gasteiger partial charge in [-0.3, -0.25) is 0 Å². The summed E-state index contributed by atoms with van der Waals surface area (Å²) in [6.07, 6.45) is 3.59. The maximum atomic E-state index is 6.10. The first-order chi connectivity index (χ1) is 9.06. The molecule has 0 spiro atoms. The van der Waals surface area contributed by atoms with Crippen LogP contribution in [0.1, 0.15) is 31.0 Å². The predicted octanol–water partition coefficient (Wildman–Crippen LogP) is 3.90. The standard InChI is InChI=1S/C13H13Cl2N3S/c14-8-4-10-11(5-9(8)15)18(6-12(16)19)13(17-10)7-2-1-3-7/h4-5,7H,1-3,6H2,(H2,16,19). The van der Waals surface area contributed by atoms with Crippen LogP contribution in [0.3, 0.4) is 0 Å². The van der Waals surface area contributed by atoms with Crippen LogP contribution in [0.4, 0.5) is 0 Å². The summed E-state index contributed by atoms with van der Waals surface area (Å²) in [7, 11) is 0. The minimum Gasteiger partial charge on any atom is -0.392 e. The van der Waals surface area contributed by atoms with E-state index in [1.807, 2.05) is 6.07 Å². The Bertz CT molecular complexity index is 661. The summed E-state index contributed by atoms with van der Waals surface area (Å²) in [5.74, 6) is 1.55. The Labute approximate surface area is 126 Å². The fourth-order valence-corrected chi connectivity index (χ4v) is 2.88. The van der Waals surface area contributed by atoms with E-state index in [4.69, 9.17) is 46.1 Å². The summed E-state index contributed by atoms with van der Waals surface area (Å²) >= 11 is 17.2. The van der Waals surface area contributed by atoms with Crippen LogP contribution in [0.25, 0.3) is 11.0 Å². The van der Waals surface area contributed by atoms with Gasteiger partial charge in [-0.15, -0.1) is 0 Å². The van der Waals surface area contributed by atoms with Crippen molar-refractivity contribution in [3.63, 3.8) is 0 Å². The van der Waals surface area contributed by atoms with Gasteiger partial charge in [0.25, 0.3) is 0 Å². The van der Waals surface area contributed by atoms with Gasteiger partial charge >= 0.3 is 0 Å². The van der Waals surface area contributed by atoms with E-state index < -0.39 is 0 Å². The van der Waals surface area contributed by atoms with Crippen molar-refractivity contribution >= 4 is 51.4 Å². The molecule has 0 bridgehead atoms. The molecule has 1 fully saturated rings.